The first kappa shape index (κ1) is 23.8. The number of benzene rings is 3. The van der Waals surface area contributed by atoms with Crippen molar-refractivity contribution in [3.63, 3.8) is 0 Å². The fraction of sp³-hybridized carbons (Fsp3) is 0.207. The molecule has 0 saturated heterocycles. The number of anilines is 1. The van der Waals surface area contributed by atoms with Gasteiger partial charge in [0, 0.05) is 53.2 Å². The van der Waals surface area contributed by atoms with Gasteiger partial charge in [-0.1, -0.05) is 54.1 Å². The van der Waals surface area contributed by atoms with Gasteiger partial charge in [-0.25, -0.2) is 0 Å². The monoisotopic (exact) mass is 501 g/mol. The molecule has 182 valence electrons. The van der Waals surface area contributed by atoms with Crippen molar-refractivity contribution in [1.29, 1.82) is 0 Å². The van der Waals surface area contributed by atoms with Crippen LogP contribution in [0.1, 0.15) is 59.3 Å². The van der Waals surface area contributed by atoms with Gasteiger partial charge in [-0.15, -0.1) is 0 Å². The van der Waals surface area contributed by atoms with Gasteiger partial charge in [0.05, 0.1) is 6.04 Å². The lowest BCUT2D eigenvalue weighted by molar-refractivity contribution is -0.132. The van der Waals surface area contributed by atoms with Crippen LogP contribution in [0.2, 0.25) is 5.02 Å². The molecule has 6 nitrogen and oxygen atoms in total. The van der Waals surface area contributed by atoms with E-state index < -0.39 is 11.9 Å². The number of esters is 2. The molecule has 0 radical (unpaired) electrons. The largest absolute Gasteiger partial charge is 0.427 e. The summed E-state index contributed by atoms with van der Waals surface area (Å²) < 4.78 is 10.8. The van der Waals surface area contributed by atoms with E-state index in [1.54, 1.807) is 36.4 Å². The van der Waals surface area contributed by atoms with Crippen molar-refractivity contribution in [2.75, 3.05) is 5.32 Å². The second-order valence-corrected chi connectivity index (χ2v) is 9.41. The van der Waals surface area contributed by atoms with Crippen molar-refractivity contribution in [3.05, 3.63) is 100 Å². The van der Waals surface area contributed by atoms with Crippen LogP contribution in [0.4, 0.5) is 5.69 Å². The van der Waals surface area contributed by atoms with Crippen LogP contribution < -0.4 is 14.8 Å². The fourth-order valence-corrected chi connectivity index (χ4v) is 5.37. The molecular weight excluding hydrogens is 478 g/mol. The molecule has 3 aromatic rings. The summed E-state index contributed by atoms with van der Waals surface area (Å²) in [5.74, 6) is -0.381. The van der Waals surface area contributed by atoms with E-state index in [2.05, 4.69) is 17.5 Å². The highest BCUT2D eigenvalue weighted by molar-refractivity contribution is 6.31. The van der Waals surface area contributed by atoms with Crippen LogP contribution in [-0.2, 0) is 9.59 Å². The minimum atomic E-state index is -0.486. The predicted molar refractivity (Wildman–Crippen MR) is 137 cm³/mol. The number of ether oxygens (including phenoxy) is 2. The van der Waals surface area contributed by atoms with Crippen LogP contribution >= 0.6 is 11.6 Å². The third kappa shape index (κ3) is 4.52. The van der Waals surface area contributed by atoms with Crippen molar-refractivity contribution in [1.82, 2.24) is 0 Å². The molecule has 0 bridgehead atoms. The first-order valence-electron chi connectivity index (χ1n) is 11.7. The van der Waals surface area contributed by atoms with Crippen molar-refractivity contribution < 1.29 is 23.9 Å². The first-order chi connectivity index (χ1) is 17.3. The molecule has 1 aliphatic carbocycles. The highest BCUT2D eigenvalue weighted by Crippen LogP contribution is 2.53. The van der Waals surface area contributed by atoms with E-state index in [0.717, 1.165) is 17.5 Å². The van der Waals surface area contributed by atoms with E-state index in [0.29, 0.717) is 27.6 Å². The van der Waals surface area contributed by atoms with E-state index in [4.69, 9.17) is 21.1 Å². The van der Waals surface area contributed by atoms with Gasteiger partial charge in [0.1, 0.15) is 11.5 Å². The van der Waals surface area contributed by atoms with Crippen molar-refractivity contribution in [2.45, 2.75) is 32.2 Å². The molecule has 36 heavy (non-hydrogen) atoms. The fourth-order valence-electron chi connectivity index (χ4n) is 5.14. The zero-order chi connectivity index (χ0) is 25.4. The van der Waals surface area contributed by atoms with Crippen LogP contribution in [0.25, 0.3) is 0 Å². The molecule has 3 atom stereocenters. The smallest absolute Gasteiger partial charge is 0.308 e. The summed E-state index contributed by atoms with van der Waals surface area (Å²) in [6, 6.07) is 17.4. The van der Waals surface area contributed by atoms with Gasteiger partial charge in [0.2, 0.25) is 0 Å². The number of carbonyl (C=O) groups is 3. The highest BCUT2D eigenvalue weighted by atomic mass is 35.5. The number of nitrogens with one attached hydrogen (secondary N) is 1. The Kier molecular flexibility index (Phi) is 6.37. The molecule has 3 unspecified atom stereocenters. The Morgan fingerprint density at radius 1 is 0.917 bits per heavy atom. The van der Waals surface area contributed by atoms with Gasteiger partial charge >= 0.3 is 11.9 Å². The standard InChI is InChI=1S/C29H24ClNO5/c1-16(32)35-20-11-12-23(26(15-20)36-17(2)33)27-22-10-6-9-21(22)24-13-19(30)14-25(28(24)31-27)29(34)18-7-4-3-5-8-18/h3-9,11-15,21-22,27,31H,10H2,1-2H3. The Bertz CT molecular complexity index is 1400. The summed E-state index contributed by atoms with van der Waals surface area (Å²) in [5, 5.41) is 4.09. The molecule has 0 spiro atoms. The third-order valence-corrected chi connectivity index (χ3v) is 6.77. The van der Waals surface area contributed by atoms with Gasteiger partial charge in [0.25, 0.3) is 0 Å². The first-order valence-corrected chi connectivity index (χ1v) is 12.1. The molecule has 0 aromatic heterocycles. The predicted octanol–water partition coefficient (Wildman–Crippen LogP) is 6.25. The van der Waals surface area contributed by atoms with Crippen molar-refractivity contribution >= 4 is 35.0 Å². The maximum atomic E-state index is 13.5. The molecule has 7 heteroatoms. The van der Waals surface area contributed by atoms with Crippen LogP contribution in [0.3, 0.4) is 0 Å². The van der Waals surface area contributed by atoms with E-state index in [1.807, 2.05) is 24.3 Å². The molecule has 1 heterocycles. The third-order valence-electron chi connectivity index (χ3n) is 6.55. The van der Waals surface area contributed by atoms with Gasteiger partial charge in [-0.3, -0.25) is 14.4 Å². The lowest BCUT2D eigenvalue weighted by atomic mass is 9.75. The van der Waals surface area contributed by atoms with Gasteiger partial charge in [0.15, 0.2) is 5.78 Å². The Hall–Kier alpha value is -3.90. The number of halogens is 1. The van der Waals surface area contributed by atoms with Crippen LogP contribution in [0, 0.1) is 5.92 Å². The van der Waals surface area contributed by atoms with E-state index in [1.165, 1.54) is 13.8 Å². The topological polar surface area (TPSA) is 81.7 Å². The summed E-state index contributed by atoms with van der Waals surface area (Å²) in [7, 11) is 0. The average molecular weight is 502 g/mol. The summed E-state index contributed by atoms with van der Waals surface area (Å²) >= 11 is 6.50. The quantitative estimate of drug-likeness (QED) is 0.193. The summed E-state index contributed by atoms with van der Waals surface area (Å²) in [6.07, 6.45) is 5.06. The average Bonchev–Trinajstić information content (AvgIpc) is 3.33. The maximum absolute atomic E-state index is 13.5. The van der Waals surface area contributed by atoms with E-state index in [-0.39, 0.29) is 29.4 Å². The van der Waals surface area contributed by atoms with Crippen molar-refractivity contribution in [3.8, 4) is 11.5 Å². The minimum Gasteiger partial charge on any atom is -0.427 e. The Labute approximate surface area is 213 Å². The Morgan fingerprint density at radius 3 is 2.39 bits per heavy atom. The normalized spacial score (nSPS) is 19.6. The number of ketones is 1. The number of allylic oxidation sites excluding steroid dienone is 2. The number of carbonyl (C=O) groups excluding carboxylic acids is 3. The van der Waals surface area contributed by atoms with Gasteiger partial charge in [-0.2, -0.15) is 0 Å². The van der Waals surface area contributed by atoms with Crippen LogP contribution in [0.15, 0.2) is 72.8 Å². The molecular formula is C29H24ClNO5. The number of fused-ring (bicyclic) bond motifs is 3. The molecule has 1 aliphatic heterocycles. The van der Waals surface area contributed by atoms with Crippen LogP contribution in [-0.4, -0.2) is 17.7 Å². The van der Waals surface area contributed by atoms with Gasteiger partial charge < -0.3 is 14.8 Å². The number of hydrogen-bond donors (Lipinski definition) is 1. The number of hydrogen-bond acceptors (Lipinski definition) is 6. The Balaban J connectivity index is 1.63. The zero-order valence-corrected chi connectivity index (χ0v) is 20.5. The molecule has 2 aliphatic rings. The zero-order valence-electron chi connectivity index (χ0n) is 19.8. The SMILES string of the molecule is CC(=O)Oc1ccc(C2Nc3c(C(=O)c4ccccc4)cc(Cl)cc3C3C=CCC32)c(OC(C)=O)c1. The highest BCUT2D eigenvalue weighted by Gasteiger charge is 2.41. The van der Waals surface area contributed by atoms with Crippen LogP contribution in [0.5, 0.6) is 11.5 Å². The lowest BCUT2D eigenvalue weighted by Crippen LogP contribution is -2.31. The van der Waals surface area contributed by atoms with Gasteiger partial charge in [-0.05, 0) is 42.2 Å². The maximum Gasteiger partial charge on any atom is 0.308 e. The molecule has 0 amide bonds. The minimum absolute atomic E-state index is 0.0191. The molecule has 0 saturated carbocycles. The summed E-state index contributed by atoms with van der Waals surface area (Å²) in [5.41, 5.74) is 3.46. The molecule has 0 fully saturated rings. The number of rotatable bonds is 5. The molecule has 1 N–H and O–H groups in total. The molecule has 5 rings (SSSR count). The van der Waals surface area contributed by atoms with Crippen molar-refractivity contribution in [2.24, 2.45) is 5.92 Å². The lowest BCUT2D eigenvalue weighted by Gasteiger charge is -2.39. The van der Waals surface area contributed by atoms with E-state index in [9.17, 15) is 14.4 Å². The Morgan fingerprint density at radius 2 is 1.67 bits per heavy atom. The second kappa shape index (κ2) is 9.63. The molecule has 3 aromatic carbocycles. The summed E-state index contributed by atoms with van der Waals surface area (Å²) in [4.78, 5) is 36.9. The summed E-state index contributed by atoms with van der Waals surface area (Å²) in [6.45, 7) is 2.63. The van der Waals surface area contributed by atoms with E-state index >= 15 is 0 Å². The second-order valence-electron chi connectivity index (χ2n) is 8.98.